The molecule has 110 valence electrons. The monoisotopic (exact) mass is 264 g/mol. The van der Waals surface area contributed by atoms with Gasteiger partial charge in [0.2, 0.25) is 0 Å². The zero-order chi connectivity index (χ0) is 13.5. The third-order valence-electron chi connectivity index (χ3n) is 7.17. The lowest BCUT2D eigenvalue weighted by molar-refractivity contribution is -0.0508. The third-order valence-corrected chi connectivity index (χ3v) is 7.17. The molecular formula is C18H32O. The van der Waals surface area contributed by atoms with Gasteiger partial charge >= 0.3 is 0 Å². The van der Waals surface area contributed by atoms with E-state index < -0.39 is 0 Å². The van der Waals surface area contributed by atoms with Crippen molar-refractivity contribution < 1.29 is 5.11 Å². The normalized spacial score (nSPS) is 48.2. The third kappa shape index (κ3) is 2.26. The molecule has 0 radical (unpaired) electrons. The van der Waals surface area contributed by atoms with Crippen LogP contribution in [0.4, 0.5) is 0 Å². The quantitative estimate of drug-likeness (QED) is 0.761. The summed E-state index contributed by atoms with van der Waals surface area (Å²) in [6.07, 6.45) is 13.8. The summed E-state index contributed by atoms with van der Waals surface area (Å²) in [6, 6.07) is 0. The number of hydrogen-bond donors (Lipinski definition) is 1. The Morgan fingerprint density at radius 1 is 1.00 bits per heavy atom. The van der Waals surface area contributed by atoms with Gasteiger partial charge in [-0.1, -0.05) is 52.4 Å². The maximum atomic E-state index is 10.4. The summed E-state index contributed by atoms with van der Waals surface area (Å²) < 4.78 is 0. The van der Waals surface area contributed by atoms with E-state index in [0.29, 0.717) is 0 Å². The van der Waals surface area contributed by atoms with E-state index >= 15 is 0 Å². The average molecular weight is 264 g/mol. The molecule has 3 aliphatic rings. The highest BCUT2D eigenvalue weighted by molar-refractivity contribution is 5.03. The summed E-state index contributed by atoms with van der Waals surface area (Å²) in [6.45, 7) is 4.78. The van der Waals surface area contributed by atoms with E-state index in [0.717, 1.165) is 30.1 Å². The van der Waals surface area contributed by atoms with Crippen molar-refractivity contribution in [3.63, 3.8) is 0 Å². The van der Waals surface area contributed by atoms with E-state index in [4.69, 9.17) is 0 Å². The molecule has 3 fully saturated rings. The Kier molecular flexibility index (Phi) is 3.95. The Balaban J connectivity index is 1.77. The van der Waals surface area contributed by atoms with Gasteiger partial charge in [-0.25, -0.2) is 0 Å². The first-order valence-corrected chi connectivity index (χ1v) is 8.85. The SMILES string of the molecule is CCC1C(C2CCCCC2)CC[C@@]2(C)C1CC[C@@H]2O. The first kappa shape index (κ1) is 13.9. The molecule has 1 nitrogen and oxygen atoms in total. The molecule has 3 unspecified atom stereocenters. The van der Waals surface area contributed by atoms with Crippen LogP contribution in [0.5, 0.6) is 0 Å². The van der Waals surface area contributed by atoms with Crippen molar-refractivity contribution in [3.05, 3.63) is 0 Å². The van der Waals surface area contributed by atoms with Crippen LogP contribution in [0.3, 0.4) is 0 Å². The lowest BCUT2D eigenvalue weighted by Crippen LogP contribution is -2.45. The Labute approximate surface area is 119 Å². The van der Waals surface area contributed by atoms with Crippen LogP contribution in [0.2, 0.25) is 0 Å². The van der Waals surface area contributed by atoms with Gasteiger partial charge in [0, 0.05) is 0 Å². The van der Waals surface area contributed by atoms with Crippen LogP contribution in [-0.2, 0) is 0 Å². The highest BCUT2D eigenvalue weighted by atomic mass is 16.3. The molecule has 0 aliphatic heterocycles. The molecule has 0 aromatic carbocycles. The molecule has 0 heterocycles. The van der Waals surface area contributed by atoms with E-state index in [2.05, 4.69) is 13.8 Å². The van der Waals surface area contributed by atoms with Gasteiger partial charge in [0.1, 0.15) is 0 Å². The van der Waals surface area contributed by atoms with Crippen molar-refractivity contribution in [2.45, 2.75) is 84.2 Å². The molecular weight excluding hydrogens is 232 g/mol. The fourth-order valence-corrected chi connectivity index (χ4v) is 6.02. The van der Waals surface area contributed by atoms with Gasteiger partial charge < -0.3 is 5.11 Å². The first-order chi connectivity index (χ1) is 9.16. The molecule has 0 spiro atoms. The van der Waals surface area contributed by atoms with Crippen LogP contribution in [0, 0.1) is 29.1 Å². The van der Waals surface area contributed by atoms with E-state index in [1.807, 2.05) is 0 Å². The van der Waals surface area contributed by atoms with Crippen LogP contribution >= 0.6 is 0 Å². The van der Waals surface area contributed by atoms with Gasteiger partial charge in [-0.15, -0.1) is 0 Å². The number of fused-ring (bicyclic) bond motifs is 1. The molecule has 5 atom stereocenters. The lowest BCUT2D eigenvalue weighted by Gasteiger charge is -2.50. The van der Waals surface area contributed by atoms with Crippen molar-refractivity contribution in [3.8, 4) is 0 Å². The van der Waals surface area contributed by atoms with Gasteiger partial charge in [0.15, 0.2) is 0 Å². The Morgan fingerprint density at radius 2 is 1.74 bits per heavy atom. The zero-order valence-corrected chi connectivity index (χ0v) is 12.9. The molecule has 0 amide bonds. The second-order valence-electron chi connectivity index (χ2n) is 7.88. The second kappa shape index (κ2) is 5.39. The van der Waals surface area contributed by atoms with Crippen molar-refractivity contribution in [1.29, 1.82) is 0 Å². The van der Waals surface area contributed by atoms with Gasteiger partial charge in [-0.3, -0.25) is 0 Å². The van der Waals surface area contributed by atoms with Crippen LogP contribution in [-0.4, -0.2) is 11.2 Å². The van der Waals surface area contributed by atoms with E-state index in [9.17, 15) is 5.11 Å². The summed E-state index contributed by atoms with van der Waals surface area (Å²) in [7, 11) is 0. The molecule has 0 aromatic rings. The Hall–Kier alpha value is -0.0400. The number of aliphatic hydroxyl groups is 1. The summed E-state index contributed by atoms with van der Waals surface area (Å²) in [5.74, 6) is 3.71. The van der Waals surface area contributed by atoms with Crippen LogP contribution < -0.4 is 0 Å². The topological polar surface area (TPSA) is 20.2 Å². The first-order valence-electron chi connectivity index (χ1n) is 8.85. The number of rotatable bonds is 2. The maximum Gasteiger partial charge on any atom is 0.0596 e. The summed E-state index contributed by atoms with van der Waals surface area (Å²) in [5.41, 5.74) is 0.256. The van der Waals surface area contributed by atoms with Crippen LogP contribution in [0.1, 0.15) is 78.1 Å². The number of hydrogen-bond acceptors (Lipinski definition) is 1. The summed E-state index contributed by atoms with van der Waals surface area (Å²) in [5, 5.41) is 10.4. The summed E-state index contributed by atoms with van der Waals surface area (Å²) >= 11 is 0. The standard InChI is InChI=1S/C18H32O/c1-3-14-15(13-7-5-4-6-8-13)11-12-18(2)16(14)9-10-17(18)19/h13-17,19H,3-12H2,1-2H3/t14?,15?,16?,17-,18-/m0/s1. The fourth-order valence-electron chi connectivity index (χ4n) is 6.02. The van der Waals surface area contributed by atoms with E-state index in [1.165, 1.54) is 57.8 Å². The zero-order valence-electron chi connectivity index (χ0n) is 12.9. The van der Waals surface area contributed by atoms with Crippen molar-refractivity contribution in [2.75, 3.05) is 0 Å². The van der Waals surface area contributed by atoms with Crippen LogP contribution in [0.25, 0.3) is 0 Å². The number of aliphatic hydroxyl groups excluding tert-OH is 1. The summed E-state index contributed by atoms with van der Waals surface area (Å²) in [4.78, 5) is 0. The molecule has 19 heavy (non-hydrogen) atoms. The molecule has 0 saturated heterocycles. The van der Waals surface area contributed by atoms with Crippen molar-refractivity contribution in [1.82, 2.24) is 0 Å². The van der Waals surface area contributed by atoms with Crippen molar-refractivity contribution in [2.24, 2.45) is 29.1 Å². The predicted molar refractivity (Wildman–Crippen MR) is 79.9 cm³/mol. The smallest absolute Gasteiger partial charge is 0.0596 e. The minimum Gasteiger partial charge on any atom is -0.393 e. The molecule has 3 aliphatic carbocycles. The molecule has 1 N–H and O–H groups in total. The minimum absolute atomic E-state index is 0.0149. The van der Waals surface area contributed by atoms with E-state index in [-0.39, 0.29) is 11.5 Å². The predicted octanol–water partition coefficient (Wildman–Crippen LogP) is 4.78. The Bertz CT molecular complexity index is 307. The minimum atomic E-state index is -0.0149. The highest BCUT2D eigenvalue weighted by Gasteiger charge is 2.53. The molecule has 3 saturated carbocycles. The van der Waals surface area contributed by atoms with E-state index in [1.54, 1.807) is 0 Å². The fraction of sp³-hybridized carbons (Fsp3) is 1.00. The average Bonchev–Trinajstić information content (AvgIpc) is 2.75. The second-order valence-corrected chi connectivity index (χ2v) is 7.88. The molecule has 3 rings (SSSR count). The van der Waals surface area contributed by atoms with Crippen LogP contribution in [0.15, 0.2) is 0 Å². The van der Waals surface area contributed by atoms with Gasteiger partial charge in [-0.05, 0) is 54.8 Å². The lowest BCUT2D eigenvalue weighted by atomic mass is 9.55. The largest absolute Gasteiger partial charge is 0.393 e. The molecule has 1 heteroatoms. The van der Waals surface area contributed by atoms with Gasteiger partial charge in [0.05, 0.1) is 6.10 Å². The van der Waals surface area contributed by atoms with Gasteiger partial charge in [0.25, 0.3) is 0 Å². The molecule has 0 bridgehead atoms. The molecule has 0 aromatic heterocycles. The Morgan fingerprint density at radius 3 is 2.42 bits per heavy atom. The highest BCUT2D eigenvalue weighted by Crippen LogP contribution is 2.59. The maximum absolute atomic E-state index is 10.4. The van der Waals surface area contributed by atoms with Gasteiger partial charge in [-0.2, -0.15) is 0 Å². The van der Waals surface area contributed by atoms with Crippen molar-refractivity contribution >= 4 is 0 Å².